The average molecular weight is 286 g/mol. The van der Waals surface area contributed by atoms with Crippen LogP contribution in [0, 0.1) is 0 Å². The maximum atomic E-state index is 12.5. The third-order valence-corrected chi connectivity index (χ3v) is 4.83. The molecular weight excluding hydrogens is 272 g/mol. The molecule has 0 aliphatic heterocycles. The van der Waals surface area contributed by atoms with Gasteiger partial charge in [0.15, 0.2) is 5.78 Å². The first-order chi connectivity index (χ1) is 9.72. The molecule has 1 aromatic heterocycles. The van der Waals surface area contributed by atoms with Crippen LogP contribution in [0.2, 0.25) is 0 Å². The predicted octanol–water partition coefficient (Wildman–Crippen LogP) is 3.18. The Bertz CT molecular complexity index is 658. The lowest BCUT2D eigenvalue weighted by Gasteiger charge is -2.05. The molecule has 0 saturated heterocycles. The van der Waals surface area contributed by atoms with Crippen LogP contribution in [0.1, 0.15) is 38.7 Å². The zero-order chi connectivity index (χ0) is 14.1. The molecule has 0 bridgehead atoms. The summed E-state index contributed by atoms with van der Waals surface area (Å²) in [4.78, 5) is 25.2. The van der Waals surface area contributed by atoms with Gasteiger partial charge in [0.2, 0.25) is 0 Å². The van der Waals surface area contributed by atoms with E-state index in [1.165, 1.54) is 18.4 Å². The number of ether oxygens (including phenoxy) is 1. The number of carbonyl (C=O) groups is 2. The van der Waals surface area contributed by atoms with E-state index in [-0.39, 0.29) is 17.7 Å². The molecule has 2 aromatic rings. The van der Waals surface area contributed by atoms with E-state index in [1.54, 1.807) is 0 Å². The first kappa shape index (κ1) is 13.1. The minimum atomic E-state index is -0.204. The summed E-state index contributed by atoms with van der Waals surface area (Å²) in [5, 5.41) is 1.87. The fraction of sp³-hybridized carbons (Fsp3) is 0.250. The molecule has 20 heavy (non-hydrogen) atoms. The summed E-state index contributed by atoms with van der Waals surface area (Å²) in [6, 6.07) is 9.24. The Balaban J connectivity index is 1.95. The van der Waals surface area contributed by atoms with Crippen LogP contribution in [-0.4, -0.2) is 18.9 Å². The lowest BCUT2D eigenvalue weighted by molar-refractivity contribution is -0.142. The van der Waals surface area contributed by atoms with E-state index in [2.05, 4.69) is 0 Å². The molecule has 1 atom stereocenters. The molecule has 0 radical (unpaired) electrons. The molecule has 1 aromatic carbocycles. The molecule has 1 aliphatic rings. The number of hydrogen-bond donors (Lipinski definition) is 0. The van der Waals surface area contributed by atoms with Crippen molar-refractivity contribution in [2.75, 3.05) is 7.11 Å². The van der Waals surface area contributed by atoms with Gasteiger partial charge in [-0.3, -0.25) is 9.59 Å². The van der Waals surface area contributed by atoms with E-state index in [1.807, 2.05) is 35.7 Å². The molecule has 1 aliphatic carbocycles. The second kappa shape index (κ2) is 5.21. The van der Waals surface area contributed by atoms with Crippen molar-refractivity contribution in [1.82, 2.24) is 0 Å². The summed E-state index contributed by atoms with van der Waals surface area (Å²) in [6.07, 6.45) is 1.51. The van der Waals surface area contributed by atoms with E-state index < -0.39 is 0 Å². The van der Waals surface area contributed by atoms with E-state index in [9.17, 15) is 9.59 Å². The van der Waals surface area contributed by atoms with Gasteiger partial charge in [0.1, 0.15) is 0 Å². The summed E-state index contributed by atoms with van der Waals surface area (Å²) in [5.74, 6) is -0.366. The predicted molar refractivity (Wildman–Crippen MR) is 77.3 cm³/mol. The van der Waals surface area contributed by atoms with Crippen LogP contribution >= 0.6 is 11.3 Å². The quantitative estimate of drug-likeness (QED) is 0.643. The normalized spacial score (nSPS) is 16.8. The third kappa shape index (κ3) is 2.06. The molecule has 0 amide bonds. The van der Waals surface area contributed by atoms with E-state index in [0.29, 0.717) is 5.56 Å². The first-order valence-electron chi connectivity index (χ1n) is 6.50. The topological polar surface area (TPSA) is 43.4 Å². The van der Waals surface area contributed by atoms with Gasteiger partial charge in [-0.25, -0.2) is 0 Å². The van der Waals surface area contributed by atoms with Crippen LogP contribution < -0.4 is 0 Å². The fourth-order valence-corrected chi connectivity index (χ4v) is 3.90. The highest BCUT2D eigenvalue weighted by atomic mass is 32.1. The van der Waals surface area contributed by atoms with Gasteiger partial charge in [0.25, 0.3) is 0 Å². The molecule has 4 heteroatoms. The summed E-state index contributed by atoms with van der Waals surface area (Å²) in [6.45, 7) is 0. The lowest BCUT2D eigenvalue weighted by Crippen LogP contribution is -2.10. The van der Waals surface area contributed by atoms with Crippen LogP contribution in [0.5, 0.6) is 0 Å². The van der Waals surface area contributed by atoms with Crippen molar-refractivity contribution in [2.24, 2.45) is 0 Å². The Labute approximate surface area is 121 Å². The number of thiophene rings is 1. The number of esters is 1. The number of ketones is 1. The van der Waals surface area contributed by atoms with Crippen LogP contribution in [0.25, 0.3) is 0 Å². The summed E-state index contributed by atoms with van der Waals surface area (Å²) in [5.41, 5.74) is 2.46. The Morgan fingerprint density at radius 2 is 2.00 bits per heavy atom. The number of fused-ring (bicyclic) bond motifs is 1. The minimum Gasteiger partial charge on any atom is -0.469 e. The molecule has 1 unspecified atom stereocenters. The number of methoxy groups -OCH3 is 1. The van der Waals surface area contributed by atoms with Crippen molar-refractivity contribution in [2.45, 2.75) is 18.8 Å². The number of benzene rings is 1. The fourth-order valence-electron chi connectivity index (χ4n) is 2.67. The SMILES string of the molecule is COC(=O)C1CCc2c(C(=O)c3ccccc3)csc21. The molecule has 0 N–H and O–H groups in total. The van der Waals surface area contributed by atoms with Crippen molar-refractivity contribution in [3.63, 3.8) is 0 Å². The van der Waals surface area contributed by atoms with Crippen LogP contribution in [0.4, 0.5) is 0 Å². The molecule has 0 spiro atoms. The van der Waals surface area contributed by atoms with Gasteiger partial charge in [-0.05, 0) is 18.4 Å². The summed E-state index contributed by atoms with van der Waals surface area (Å²) >= 11 is 1.49. The second-order valence-corrected chi connectivity index (χ2v) is 5.71. The van der Waals surface area contributed by atoms with Gasteiger partial charge in [-0.15, -0.1) is 11.3 Å². The lowest BCUT2D eigenvalue weighted by atomic mass is 10.0. The van der Waals surface area contributed by atoms with Crippen molar-refractivity contribution in [3.8, 4) is 0 Å². The van der Waals surface area contributed by atoms with Crippen LogP contribution in [0.3, 0.4) is 0 Å². The Hall–Kier alpha value is -1.94. The third-order valence-electron chi connectivity index (χ3n) is 3.69. The van der Waals surface area contributed by atoms with Gasteiger partial charge in [-0.1, -0.05) is 30.3 Å². The van der Waals surface area contributed by atoms with Gasteiger partial charge >= 0.3 is 5.97 Å². The smallest absolute Gasteiger partial charge is 0.313 e. The molecule has 102 valence electrons. The molecule has 3 nitrogen and oxygen atoms in total. The molecule has 1 heterocycles. The summed E-state index contributed by atoms with van der Waals surface area (Å²) in [7, 11) is 1.41. The number of carbonyl (C=O) groups excluding carboxylic acids is 2. The van der Waals surface area contributed by atoms with Gasteiger partial charge in [0.05, 0.1) is 13.0 Å². The molecule has 0 saturated carbocycles. The van der Waals surface area contributed by atoms with E-state index in [0.717, 1.165) is 28.8 Å². The molecule has 3 rings (SSSR count). The first-order valence-corrected chi connectivity index (χ1v) is 7.38. The highest BCUT2D eigenvalue weighted by Crippen LogP contribution is 2.41. The molecule has 0 fully saturated rings. The van der Waals surface area contributed by atoms with Crippen molar-refractivity contribution >= 4 is 23.1 Å². The Morgan fingerprint density at radius 1 is 1.25 bits per heavy atom. The van der Waals surface area contributed by atoms with E-state index >= 15 is 0 Å². The minimum absolute atomic E-state index is 0.0358. The average Bonchev–Trinajstić information content (AvgIpc) is 3.08. The van der Waals surface area contributed by atoms with Crippen molar-refractivity contribution in [1.29, 1.82) is 0 Å². The Kier molecular flexibility index (Phi) is 3.40. The highest BCUT2D eigenvalue weighted by Gasteiger charge is 2.34. The zero-order valence-corrected chi connectivity index (χ0v) is 11.9. The second-order valence-electron chi connectivity index (χ2n) is 4.80. The van der Waals surface area contributed by atoms with Crippen molar-refractivity contribution in [3.05, 3.63) is 57.3 Å². The highest BCUT2D eigenvalue weighted by molar-refractivity contribution is 7.10. The number of hydrogen-bond acceptors (Lipinski definition) is 4. The monoisotopic (exact) mass is 286 g/mol. The maximum absolute atomic E-state index is 12.5. The maximum Gasteiger partial charge on any atom is 0.313 e. The Morgan fingerprint density at radius 3 is 2.70 bits per heavy atom. The standard InChI is InChI=1S/C16H14O3S/c1-19-16(18)12-8-7-11-13(9-20-15(11)12)14(17)10-5-3-2-4-6-10/h2-6,9,12H,7-8H2,1H3. The summed E-state index contributed by atoms with van der Waals surface area (Å²) < 4.78 is 4.83. The van der Waals surface area contributed by atoms with Gasteiger partial charge < -0.3 is 4.74 Å². The zero-order valence-electron chi connectivity index (χ0n) is 11.1. The number of rotatable bonds is 3. The van der Waals surface area contributed by atoms with Crippen molar-refractivity contribution < 1.29 is 14.3 Å². The van der Waals surface area contributed by atoms with Crippen LogP contribution in [0.15, 0.2) is 35.7 Å². The molecular formula is C16H14O3S. The van der Waals surface area contributed by atoms with Crippen LogP contribution in [-0.2, 0) is 16.0 Å². The largest absolute Gasteiger partial charge is 0.469 e. The van der Waals surface area contributed by atoms with E-state index in [4.69, 9.17) is 4.74 Å². The van der Waals surface area contributed by atoms with Gasteiger partial charge in [-0.2, -0.15) is 0 Å². The van der Waals surface area contributed by atoms with Gasteiger partial charge in [0, 0.05) is 21.4 Å².